The van der Waals surface area contributed by atoms with E-state index in [9.17, 15) is 19.5 Å². The molecule has 0 spiro atoms. The molecule has 1 N–H and O–H groups in total. The summed E-state index contributed by atoms with van der Waals surface area (Å²) in [6.45, 7) is 4.60. The van der Waals surface area contributed by atoms with Gasteiger partial charge in [-0.15, -0.1) is 0 Å². The van der Waals surface area contributed by atoms with Crippen molar-refractivity contribution in [1.29, 1.82) is 0 Å². The molecule has 2 atom stereocenters. The van der Waals surface area contributed by atoms with Crippen LogP contribution < -0.4 is 0 Å². The monoisotopic (exact) mass is 1370 g/mol. The van der Waals surface area contributed by atoms with Crippen LogP contribution in [0.15, 0.2) is 219 Å². The second-order valence-corrected chi connectivity index (χ2v) is 26.2. The van der Waals surface area contributed by atoms with Gasteiger partial charge >= 0.3 is 17.9 Å². The van der Waals surface area contributed by atoms with Gasteiger partial charge in [0.25, 0.3) is 6.29 Å². The number of unbranched alkanes of at least 4 members (excludes halogenated alkanes) is 18. The summed E-state index contributed by atoms with van der Waals surface area (Å²) in [5.41, 5.74) is 0. The fraction of sp³-hybridized carbons (Fsp3) is 0.567. The first kappa shape index (κ1) is 92.6. The lowest BCUT2D eigenvalue weighted by Gasteiger charge is -2.25. The highest BCUT2D eigenvalue weighted by Crippen LogP contribution is 2.16. The van der Waals surface area contributed by atoms with Crippen molar-refractivity contribution in [2.45, 2.75) is 283 Å². The van der Waals surface area contributed by atoms with Crippen LogP contribution in [0, 0.1) is 0 Å². The Morgan fingerprint density at radius 1 is 0.303 bits per heavy atom. The molecule has 9 heteroatoms. The van der Waals surface area contributed by atoms with Crippen LogP contribution in [0.25, 0.3) is 0 Å². The lowest BCUT2D eigenvalue weighted by Crippen LogP contribution is -2.40. The highest BCUT2D eigenvalue weighted by molar-refractivity contribution is 5.71. The van der Waals surface area contributed by atoms with Crippen LogP contribution in [0.2, 0.25) is 0 Å². The Bertz CT molecular complexity index is 2440. The van der Waals surface area contributed by atoms with E-state index in [1.807, 2.05) is 21.1 Å². The van der Waals surface area contributed by atoms with E-state index in [0.29, 0.717) is 17.4 Å². The molecule has 0 rings (SSSR count). The molecule has 0 bridgehead atoms. The number of carboxylic acid groups (broad SMARTS) is 1. The zero-order valence-electron chi connectivity index (χ0n) is 63.3. The van der Waals surface area contributed by atoms with E-state index < -0.39 is 24.3 Å². The third kappa shape index (κ3) is 78.8. The first-order valence-electron chi connectivity index (χ1n) is 38.9. The smallest absolute Gasteiger partial charge is 0.361 e. The average molecular weight is 1370 g/mol. The number of rotatable bonds is 69. The number of nitrogens with zero attached hydrogens (tertiary/aromatic N) is 1. The van der Waals surface area contributed by atoms with Crippen molar-refractivity contribution in [2.75, 3.05) is 47.5 Å². The van der Waals surface area contributed by atoms with Crippen LogP contribution >= 0.6 is 0 Å². The summed E-state index contributed by atoms with van der Waals surface area (Å²) in [4.78, 5) is 37.7. The van der Waals surface area contributed by atoms with Crippen LogP contribution in [-0.4, -0.2) is 87.4 Å². The fourth-order valence-electron chi connectivity index (χ4n) is 9.88. The van der Waals surface area contributed by atoms with Gasteiger partial charge in [-0.05, 0) is 154 Å². The van der Waals surface area contributed by atoms with Crippen molar-refractivity contribution in [2.24, 2.45) is 0 Å². The minimum Gasteiger partial charge on any atom is -0.477 e. The number of carbonyl (C=O) groups excluding carboxylic acids is 2. The maximum absolute atomic E-state index is 13.0. The predicted molar refractivity (Wildman–Crippen MR) is 428 cm³/mol. The Balaban J connectivity index is 4.19. The maximum atomic E-state index is 13.0. The zero-order chi connectivity index (χ0) is 71.8. The number of carboxylic acids is 1. The van der Waals surface area contributed by atoms with Gasteiger partial charge in [-0.3, -0.25) is 9.59 Å². The normalized spacial score (nSPS) is 13.9. The molecule has 0 heterocycles. The van der Waals surface area contributed by atoms with E-state index in [0.717, 1.165) is 161 Å². The number of aliphatic carboxylic acids is 1. The molecule has 554 valence electrons. The molecular weight excluding hydrogens is 1220 g/mol. The summed E-state index contributed by atoms with van der Waals surface area (Å²) in [7, 11) is 5.96. The molecule has 0 aromatic carbocycles. The van der Waals surface area contributed by atoms with Crippen molar-refractivity contribution in [1.82, 2.24) is 0 Å². The van der Waals surface area contributed by atoms with Gasteiger partial charge in [-0.1, -0.05) is 322 Å². The Kier molecular flexibility index (Phi) is 72.4. The summed E-state index contributed by atoms with van der Waals surface area (Å²) in [6, 6.07) is 0. The Hall–Kier alpha value is -6.39. The number of hydrogen-bond acceptors (Lipinski definition) is 7. The molecule has 0 aromatic rings. The zero-order valence-corrected chi connectivity index (χ0v) is 63.3. The molecular formula is C90H142NO8+. The molecule has 0 amide bonds. The van der Waals surface area contributed by atoms with Gasteiger partial charge in [0.05, 0.1) is 34.4 Å². The number of esters is 2. The lowest BCUT2D eigenvalue weighted by atomic mass is 10.0. The molecule has 0 saturated heterocycles. The second-order valence-electron chi connectivity index (χ2n) is 26.2. The van der Waals surface area contributed by atoms with Crippen LogP contribution in [-0.2, 0) is 33.3 Å². The van der Waals surface area contributed by atoms with Gasteiger partial charge in [-0.25, -0.2) is 4.79 Å². The number of hydrogen-bond donors (Lipinski definition) is 1. The number of allylic oxidation sites excluding steroid dienone is 36. The lowest BCUT2D eigenvalue weighted by molar-refractivity contribution is -0.870. The summed E-state index contributed by atoms with van der Waals surface area (Å²) >= 11 is 0. The first-order chi connectivity index (χ1) is 48.6. The number of quaternary nitrogens is 1. The molecule has 0 aliphatic rings. The van der Waals surface area contributed by atoms with Gasteiger partial charge in [0.1, 0.15) is 13.2 Å². The molecule has 0 aliphatic heterocycles. The standard InChI is InChI=1S/C90H141NO8/c1-6-8-10-12-14-16-18-20-22-24-26-28-30-32-34-36-38-40-42-43-44-45-47-48-50-52-54-56-58-60-62-64-66-68-70-72-74-76-78-80-87(92)97-84-86(85-98-90(89(94)95)96-83-82-91(3,4)5)99-88(93)81-79-77-75-73-71-69-67-65-63-61-59-57-55-53-51-49-46-41-39-37-35-33-31-29-27-25-23-21-19-17-15-13-11-9-7-2/h8-11,14-17,20-23,26-29,32-35,38-41,43-44,47-49,51,55,57,61,63,67,69,86,90H,6-7,12-13,18-19,24-25,30-31,36-37,42,45-46,50,52-54,56,58-60,62,64-66,68,70-85H2,1-5H3/p+1/b10-8-,11-9-,16-14-,17-15-,22-20-,23-21-,28-26-,29-27-,34-32-,35-33-,40-38-,41-39-,44-43-,48-47-,51-49-,57-55-,63-61-,69-67-. The Morgan fingerprint density at radius 2 is 0.545 bits per heavy atom. The van der Waals surface area contributed by atoms with Crippen molar-refractivity contribution in [3.8, 4) is 0 Å². The largest absolute Gasteiger partial charge is 0.477 e. The molecule has 0 aliphatic carbocycles. The van der Waals surface area contributed by atoms with Crippen molar-refractivity contribution in [3.63, 3.8) is 0 Å². The van der Waals surface area contributed by atoms with Gasteiger partial charge in [0, 0.05) is 12.8 Å². The average Bonchev–Trinajstić information content (AvgIpc) is 1.16. The Labute approximate surface area is 607 Å². The summed E-state index contributed by atoms with van der Waals surface area (Å²) in [5.74, 6) is -2.06. The van der Waals surface area contributed by atoms with E-state index in [1.54, 1.807) is 0 Å². The van der Waals surface area contributed by atoms with Crippen molar-refractivity contribution < 1.29 is 42.9 Å². The van der Waals surface area contributed by atoms with Crippen molar-refractivity contribution in [3.05, 3.63) is 219 Å². The van der Waals surface area contributed by atoms with E-state index in [1.165, 1.54) is 77.0 Å². The Morgan fingerprint density at radius 3 is 0.808 bits per heavy atom. The third-order valence-electron chi connectivity index (χ3n) is 15.7. The molecule has 0 radical (unpaired) electrons. The minimum atomic E-state index is -1.53. The van der Waals surface area contributed by atoms with E-state index >= 15 is 0 Å². The highest BCUT2D eigenvalue weighted by atomic mass is 16.7. The number of likely N-dealkylation sites (N-methyl/N-ethyl adjacent to an activating group) is 1. The second kappa shape index (κ2) is 77.3. The van der Waals surface area contributed by atoms with Crippen molar-refractivity contribution >= 4 is 17.9 Å². The van der Waals surface area contributed by atoms with Crippen LogP contribution in [0.4, 0.5) is 0 Å². The quantitative estimate of drug-likeness (QED) is 0.0211. The molecule has 0 fully saturated rings. The summed E-state index contributed by atoms with van der Waals surface area (Å²) in [6.07, 6.45) is 119. The molecule has 2 unspecified atom stereocenters. The van der Waals surface area contributed by atoms with Gasteiger partial charge in [-0.2, -0.15) is 0 Å². The molecule has 0 saturated carbocycles. The van der Waals surface area contributed by atoms with Gasteiger partial charge < -0.3 is 28.5 Å². The summed E-state index contributed by atoms with van der Waals surface area (Å²) < 4.78 is 23.0. The van der Waals surface area contributed by atoms with E-state index in [2.05, 4.69) is 233 Å². The van der Waals surface area contributed by atoms with Gasteiger partial charge in [0.2, 0.25) is 0 Å². The number of carbonyl (C=O) groups is 3. The first-order valence-corrected chi connectivity index (χ1v) is 38.9. The fourth-order valence-corrected chi connectivity index (χ4v) is 9.88. The van der Waals surface area contributed by atoms with E-state index in [-0.39, 0.29) is 38.6 Å². The minimum absolute atomic E-state index is 0.171. The van der Waals surface area contributed by atoms with Crippen LogP contribution in [0.1, 0.15) is 271 Å². The topological polar surface area (TPSA) is 108 Å². The molecule has 99 heavy (non-hydrogen) atoms. The van der Waals surface area contributed by atoms with Gasteiger partial charge in [0.15, 0.2) is 6.10 Å². The predicted octanol–water partition coefficient (Wildman–Crippen LogP) is 25.2. The SMILES string of the molecule is CC/C=C\C/C=C\C/C=C\C/C=C\C/C=C\C/C=C\C/C=C\C/C=C\C/C=C\C/C=C\CCCCCCC(=O)OC(COC(=O)CCCCCCCCCCCCCCCC/C=C\C/C=C\C/C=C\C/C=C\C/C=C\C/C=C\C/C=C\C/C=C\CC)COC(OCC[N+](C)(C)C)C(=O)O. The highest BCUT2D eigenvalue weighted by Gasteiger charge is 2.25. The van der Waals surface area contributed by atoms with Crippen LogP contribution in [0.3, 0.4) is 0 Å². The maximum Gasteiger partial charge on any atom is 0.361 e. The van der Waals surface area contributed by atoms with Crippen LogP contribution in [0.5, 0.6) is 0 Å². The number of ether oxygens (including phenoxy) is 4. The van der Waals surface area contributed by atoms with E-state index in [4.69, 9.17) is 18.9 Å². The molecule has 0 aromatic heterocycles. The third-order valence-corrected chi connectivity index (χ3v) is 15.7. The molecule has 9 nitrogen and oxygen atoms in total. The summed E-state index contributed by atoms with van der Waals surface area (Å²) in [5, 5.41) is 9.77.